The standard InChI is InChI=1S/C18H24N2O3S2/c1-4-6-10-19-25(22,23)15-9-7-8-14(12-15)20-18(21)17-11-13(3)16(5-2)24-17/h7-9,11-12,19H,4-6,10H2,1-3H3,(H,20,21). The molecule has 2 rings (SSSR count). The Morgan fingerprint density at radius 3 is 2.60 bits per heavy atom. The van der Waals surface area contributed by atoms with E-state index in [1.807, 2.05) is 19.9 Å². The molecule has 5 nitrogen and oxygen atoms in total. The third-order valence-electron chi connectivity index (χ3n) is 3.79. The van der Waals surface area contributed by atoms with Gasteiger partial charge in [-0.3, -0.25) is 4.79 Å². The van der Waals surface area contributed by atoms with Crippen molar-refractivity contribution in [1.82, 2.24) is 4.72 Å². The maximum atomic E-state index is 12.4. The van der Waals surface area contributed by atoms with E-state index in [2.05, 4.69) is 17.0 Å². The van der Waals surface area contributed by atoms with Crippen molar-refractivity contribution in [3.63, 3.8) is 0 Å². The summed E-state index contributed by atoms with van der Waals surface area (Å²) in [7, 11) is -3.56. The first-order chi connectivity index (χ1) is 11.9. The Hall–Kier alpha value is -1.70. The summed E-state index contributed by atoms with van der Waals surface area (Å²) in [5.74, 6) is -0.221. The number of rotatable bonds is 8. The number of carbonyl (C=O) groups excluding carboxylic acids is 1. The highest BCUT2D eigenvalue weighted by atomic mass is 32.2. The average molecular weight is 381 g/mol. The fraction of sp³-hybridized carbons (Fsp3) is 0.389. The molecular weight excluding hydrogens is 356 g/mol. The second-order valence-corrected chi connectivity index (χ2v) is 8.71. The third kappa shape index (κ3) is 5.14. The number of nitrogens with one attached hydrogen (secondary N) is 2. The second-order valence-electron chi connectivity index (χ2n) is 5.80. The number of sulfonamides is 1. The molecule has 0 unspecified atom stereocenters. The van der Waals surface area contributed by atoms with Crippen molar-refractivity contribution >= 4 is 33.0 Å². The summed E-state index contributed by atoms with van der Waals surface area (Å²) >= 11 is 1.47. The summed E-state index contributed by atoms with van der Waals surface area (Å²) in [6.45, 7) is 6.45. The molecule has 2 N–H and O–H groups in total. The molecule has 7 heteroatoms. The predicted molar refractivity (Wildman–Crippen MR) is 103 cm³/mol. The molecule has 0 aliphatic rings. The minimum absolute atomic E-state index is 0.151. The third-order valence-corrected chi connectivity index (χ3v) is 6.63. The summed E-state index contributed by atoms with van der Waals surface area (Å²) in [5, 5.41) is 2.78. The van der Waals surface area contributed by atoms with Crippen LogP contribution in [0.1, 0.15) is 46.8 Å². The van der Waals surface area contributed by atoms with Gasteiger partial charge in [0.15, 0.2) is 0 Å². The van der Waals surface area contributed by atoms with Crippen molar-refractivity contribution in [3.05, 3.63) is 45.6 Å². The minimum Gasteiger partial charge on any atom is -0.321 e. The quantitative estimate of drug-likeness (QED) is 0.681. The van der Waals surface area contributed by atoms with E-state index in [9.17, 15) is 13.2 Å². The van der Waals surface area contributed by atoms with Crippen molar-refractivity contribution in [3.8, 4) is 0 Å². The van der Waals surface area contributed by atoms with E-state index in [1.165, 1.54) is 28.3 Å². The van der Waals surface area contributed by atoms with Crippen LogP contribution < -0.4 is 10.0 Å². The number of aryl methyl sites for hydroxylation is 2. The smallest absolute Gasteiger partial charge is 0.265 e. The van der Waals surface area contributed by atoms with Crippen LogP contribution in [0.3, 0.4) is 0 Å². The Morgan fingerprint density at radius 1 is 1.20 bits per heavy atom. The van der Waals surface area contributed by atoms with Crippen LogP contribution in [0.25, 0.3) is 0 Å². The van der Waals surface area contributed by atoms with Gasteiger partial charge in [0.2, 0.25) is 10.0 Å². The number of hydrogen-bond acceptors (Lipinski definition) is 4. The molecule has 0 spiro atoms. The Bertz CT molecular complexity index is 842. The number of hydrogen-bond donors (Lipinski definition) is 2. The Morgan fingerprint density at radius 2 is 1.96 bits per heavy atom. The van der Waals surface area contributed by atoms with Gasteiger partial charge in [-0.2, -0.15) is 0 Å². The Labute approximate surface area is 153 Å². The molecule has 1 aromatic carbocycles. The van der Waals surface area contributed by atoms with Crippen LogP contribution in [-0.2, 0) is 16.4 Å². The van der Waals surface area contributed by atoms with Crippen molar-refractivity contribution in [2.45, 2.75) is 44.9 Å². The van der Waals surface area contributed by atoms with Gasteiger partial charge in [0.05, 0.1) is 9.77 Å². The monoisotopic (exact) mass is 380 g/mol. The minimum atomic E-state index is -3.56. The van der Waals surface area contributed by atoms with Crippen molar-refractivity contribution in [2.75, 3.05) is 11.9 Å². The lowest BCUT2D eigenvalue weighted by Gasteiger charge is -2.09. The summed E-state index contributed by atoms with van der Waals surface area (Å²) in [4.78, 5) is 14.4. The van der Waals surface area contributed by atoms with E-state index in [-0.39, 0.29) is 10.8 Å². The molecule has 0 atom stereocenters. The molecule has 0 saturated heterocycles. The van der Waals surface area contributed by atoms with Gasteiger partial charge in [-0.15, -0.1) is 11.3 Å². The van der Waals surface area contributed by atoms with Gasteiger partial charge in [-0.1, -0.05) is 26.3 Å². The normalized spacial score (nSPS) is 11.5. The molecule has 25 heavy (non-hydrogen) atoms. The van der Waals surface area contributed by atoms with E-state index in [0.29, 0.717) is 17.1 Å². The maximum Gasteiger partial charge on any atom is 0.265 e. The van der Waals surface area contributed by atoms with Crippen LogP contribution in [0.2, 0.25) is 0 Å². The van der Waals surface area contributed by atoms with Crippen LogP contribution in [0.15, 0.2) is 35.2 Å². The topological polar surface area (TPSA) is 75.3 Å². The molecule has 0 fully saturated rings. The zero-order valence-corrected chi connectivity index (χ0v) is 16.4. The first-order valence-electron chi connectivity index (χ1n) is 8.37. The van der Waals surface area contributed by atoms with Crippen LogP contribution in [0.5, 0.6) is 0 Å². The molecular formula is C18H24N2O3S2. The fourth-order valence-corrected chi connectivity index (χ4v) is 4.51. The van der Waals surface area contributed by atoms with Crippen molar-refractivity contribution in [2.24, 2.45) is 0 Å². The molecule has 0 aliphatic carbocycles. The number of benzene rings is 1. The van der Waals surface area contributed by atoms with E-state index in [0.717, 1.165) is 24.8 Å². The van der Waals surface area contributed by atoms with Crippen LogP contribution >= 0.6 is 11.3 Å². The van der Waals surface area contributed by atoms with Gasteiger partial charge in [-0.05, 0) is 49.6 Å². The lowest BCUT2D eigenvalue weighted by atomic mass is 10.2. The van der Waals surface area contributed by atoms with Gasteiger partial charge < -0.3 is 5.32 Å². The van der Waals surface area contributed by atoms with Crippen molar-refractivity contribution < 1.29 is 13.2 Å². The average Bonchev–Trinajstić information content (AvgIpc) is 2.96. The van der Waals surface area contributed by atoms with Gasteiger partial charge in [0.1, 0.15) is 0 Å². The molecule has 0 aliphatic heterocycles. The largest absolute Gasteiger partial charge is 0.321 e. The summed E-state index contributed by atoms with van der Waals surface area (Å²) in [6.07, 6.45) is 2.59. The van der Waals surface area contributed by atoms with Gasteiger partial charge in [0.25, 0.3) is 5.91 Å². The summed E-state index contributed by atoms with van der Waals surface area (Å²) < 4.78 is 27.1. The highest BCUT2D eigenvalue weighted by Crippen LogP contribution is 2.24. The lowest BCUT2D eigenvalue weighted by molar-refractivity contribution is 0.103. The highest BCUT2D eigenvalue weighted by molar-refractivity contribution is 7.89. The van der Waals surface area contributed by atoms with E-state index < -0.39 is 10.0 Å². The molecule has 1 amide bonds. The maximum absolute atomic E-state index is 12.4. The molecule has 136 valence electrons. The number of unbranched alkanes of at least 4 members (excludes halogenated alkanes) is 1. The lowest BCUT2D eigenvalue weighted by Crippen LogP contribution is -2.24. The number of carbonyl (C=O) groups is 1. The summed E-state index contributed by atoms with van der Waals surface area (Å²) in [6, 6.07) is 8.18. The molecule has 0 saturated carbocycles. The highest BCUT2D eigenvalue weighted by Gasteiger charge is 2.16. The molecule has 1 aromatic heterocycles. The van der Waals surface area contributed by atoms with E-state index >= 15 is 0 Å². The molecule has 0 radical (unpaired) electrons. The van der Waals surface area contributed by atoms with E-state index in [1.54, 1.807) is 12.1 Å². The molecule has 2 aromatic rings. The second kappa shape index (κ2) is 8.60. The Balaban J connectivity index is 2.14. The first kappa shape index (κ1) is 19.6. The fourth-order valence-electron chi connectivity index (χ4n) is 2.38. The number of anilines is 1. The molecule has 1 heterocycles. The van der Waals surface area contributed by atoms with Crippen LogP contribution in [0, 0.1) is 6.92 Å². The number of amides is 1. The summed E-state index contributed by atoms with van der Waals surface area (Å²) in [5.41, 5.74) is 1.57. The zero-order chi connectivity index (χ0) is 18.4. The Kier molecular flexibility index (Phi) is 6.75. The van der Waals surface area contributed by atoms with Crippen molar-refractivity contribution in [1.29, 1.82) is 0 Å². The molecule has 0 bridgehead atoms. The van der Waals surface area contributed by atoms with Crippen LogP contribution in [0.4, 0.5) is 5.69 Å². The van der Waals surface area contributed by atoms with Crippen LogP contribution in [-0.4, -0.2) is 20.9 Å². The van der Waals surface area contributed by atoms with Gasteiger partial charge >= 0.3 is 0 Å². The SMILES string of the molecule is CCCCNS(=O)(=O)c1cccc(NC(=O)c2cc(C)c(CC)s2)c1. The first-order valence-corrected chi connectivity index (χ1v) is 10.7. The zero-order valence-electron chi connectivity index (χ0n) is 14.8. The van der Waals surface area contributed by atoms with E-state index in [4.69, 9.17) is 0 Å². The van der Waals surface area contributed by atoms with Gasteiger partial charge in [0, 0.05) is 17.1 Å². The number of thiophene rings is 1. The predicted octanol–water partition coefficient (Wildman–Crippen LogP) is 3.95. The van der Waals surface area contributed by atoms with Gasteiger partial charge in [-0.25, -0.2) is 13.1 Å².